The summed E-state index contributed by atoms with van der Waals surface area (Å²) in [4.78, 5) is 10.3. The average molecular weight is 205 g/mol. The second-order valence-electron chi connectivity index (χ2n) is 2.84. The van der Waals surface area contributed by atoms with Gasteiger partial charge in [0.2, 0.25) is 0 Å². The molecule has 0 radical (unpaired) electrons. The van der Waals surface area contributed by atoms with Gasteiger partial charge in [0.05, 0.1) is 16.7 Å². The van der Waals surface area contributed by atoms with Gasteiger partial charge in [-0.3, -0.25) is 0 Å². The molecule has 0 spiro atoms. The lowest BCUT2D eigenvalue weighted by molar-refractivity contribution is 0.249. The molecule has 1 fully saturated rings. The summed E-state index contributed by atoms with van der Waals surface area (Å²) in [7, 11) is -3.04. The first-order valence-electron chi connectivity index (χ1n) is 3.77. The fourth-order valence-electron chi connectivity index (χ4n) is 1.11. The van der Waals surface area contributed by atoms with Crippen LogP contribution in [0.5, 0.6) is 0 Å². The molecule has 1 aliphatic heterocycles. The van der Waals surface area contributed by atoms with E-state index in [0.29, 0.717) is 12.1 Å². The number of carbonyl (C=O) groups excluding carboxylic acids is 1. The first-order chi connectivity index (χ1) is 5.93. The molecule has 1 atom stereocenters. The lowest BCUT2D eigenvalue weighted by atomic mass is 10.2. The standard InChI is InChI=1S/C6H11N3O3S/c1-4-5(8-9-6(7)10)2-3-13(4,11)12/h4H,2-3H2,1H3,(H3,7,9,10)/b8-5-. The largest absolute Gasteiger partial charge is 0.350 e. The topological polar surface area (TPSA) is 102 Å². The van der Waals surface area contributed by atoms with E-state index in [-0.39, 0.29) is 5.75 Å². The maximum atomic E-state index is 11.2. The molecule has 0 saturated carbocycles. The molecule has 13 heavy (non-hydrogen) atoms. The van der Waals surface area contributed by atoms with Gasteiger partial charge in [-0.15, -0.1) is 0 Å². The summed E-state index contributed by atoms with van der Waals surface area (Å²) < 4.78 is 22.4. The van der Waals surface area contributed by atoms with Crippen LogP contribution in [0.2, 0.25) is 0 Å². The minimum atomic E-state index is -3.04. The first-order valence-corrected chi connectivity index (χ1v) is 5.48. The molecule has 7 heteroatoms. The van der Waals surface area contributed by atoms with Crippen LogP contribution in [0.25, 0.3) is 0 Å². The Morgan fingerprint density at radius 1 is 1.69 bits per heavy atom. The number of rotatable bonds is 1. The number of nitrogens with zero attached hydrogens (tertiary/aromatic N) is 1. The van der Waals surface area contributed by atoms with Crippen molar-refractivity contribution in [3.63, 3.8) is 0 Å². The predicted octanol–water partition coefficient (Wildman–Crippen LogP) is -0.782. The average Bonchev–Trinajstić information content (AvgIpc) is 2.25. The molecule has 0 aromatic rings. The Bertz CT molecular complexity index is 346. The first kappa shape index (κ1) is 9.97. The van der Waals surface area contributed by atoms with E-state index in [4.69, 9.17) is 5.73 Å². The Morgan fingerprint density at radius 2 is 2.31 bits per heavy atom. The summed E-state index contributed by atoms with van der Waals surface area (Å²) in [5.74, 6) is 0.0907. The highest BCUT2D eigenvalue weighted by molar-refractivity contribution is 7.93. The molecule has 74 valence electrons. The van der Waals surface area contributed by atoms with E-state index in [1.807, 2.05) is 5.43 Å². The van der Waals surface area contributed by atoms with E-state index >= 15 is 0 Å². The predicted molar refractivity (Wildman–Crippen MR) is 48.0 cm³/mol. The van der Waals surface area contributed by atoms with Crippen LogP contribution in [-0.2, 0) is 9.84 Å². The Kier molecular flexibility index (Phi) is 2.55. The van der Waals surface area contributed by atoms with Gasteiger partial charge in [-0.05, 0) is 6.92 Å². The van der Waals surface area contributed by atoms with E-state index in [1.54, 1.807) is 6.92 Å². The summed E-state index contributed by atoms with van der Waals surface area (Å²) in [5, 5.41) is 3.00. The van der Waals surface area contributed by atoms with E-state index in [2.05, 4.69) is 5.10 Å². The minimum Gasteiger partial charge on any atom is -0.350 e. The molecule has 0 bridgehead atoms. The quantitative estimate of drug-likeness (QED) is 0.549. The van der Waals surface area contributed by atoms with Gasteiger partial charge in [0, 0.05) is 6.42 Å². The van der Waals surface area contributed by atoms with E-state index in [9.17, 15) is 13.2 Å². The number of hydrogen-bond acceptors (Lipinski definition) is 4. The molecule has 1 unspecified atom stereocenters. The van der Waals surface area contributed by atoms with Crippen LogP contribution in [0.1, 0.15) is 13.3 Å². The second kappa shape index (κ2) is 3.33. The number of primary amides is 1. The van der Waals surface area contributed by atoms with Gasteiger partial charge in [-0.25, -0.2) is 18.6 Å². The van der Waals surface area contributed by atoms with Crippen molar-refractivity contribution in [2.75, 3.05) is 5.75 Å². The minimum absolute atomic E-state index is 0.0907. The van der Waals surface area contributed by atoms with Gasteiger partial charge in [0.1, 0.15) is 0 Å². The van der Waals surface area contributed by atoms with Gasteiger partial charge < -0.3 is 5.73 Å². The summed E-state index contributed by atoms with van der Waals surface area (Å²) >= 11 is 0. The Hall–Kier alpha value is -1.11. The summed E-state index contributed by atoms with van der Waals surface area (Å²) in [6.07, 6.45) is 0.365. The van der Waals surface area contributed by atoms with Crippen molar-refractivity contribution in [3.8, 4) is 0 Å². The fraction of sp³-hybridized carbons (Fsp3) is 0.667. The number of hydrazone groups is 1. The van der Waals surface area contributed by atoms with Crippen LogP contribution in [0.15, 0.2) is 5.10 Å². The van der Waals surface area contributed by atoms with Crippen molar-refractivity contribution in [2.24, 2.45) is 10.8 Å². The number of nitrogens with two attached hydrogens (primary N) is 1. The molecule has 1 heterocycles. The van der Waals surface area contributed by atoms with Gasteiger partial charge in [0.25, 0.3) is 0 Å². The number of sulfone groups is 1. The van der Waals surface area contributed by atoms with Gasteiger partial charge in [-0.2, -0.15) is 5.10 Å². The van der Waals surface area contributed by atoms with Crippen molar-refractivity contribution in [2.45, 2.75) is 18.6 Å². The van der Waals surface area contributed by atoms with E-state index in [1.165, 1.54) is 0 Å². The maximum Gasteiger partial charge on any atom is 0.332 e. The maximum absolute atomic E-state index is 11.2. The third-order valence-electron chi connectivity index (χ3n) is 1.96. The van der Waals surface area contributed by atoms with Crippen LogP contribution >= 0.6 is 0 Å². The molecule has 2 amide bonds. The fourth-order valence-corrected chi connectivity index (χ4v) is 2.54. The highest BCUT2D eigenvalue weighted by atomic mass is 32.2. The monoisotopic (exact) mass is 205 g/mol. The van der Waals surface area contributed by atoms with Crippen LogP contribution in [0.4, 0.5) is 4.79 Å². The van der Waals surface area contributed by atoms with E-state index in [0.717, 1.165) is 0 Å². The number of carbonyl (C=O) groups is 1. The van der Waals surface area contributed by atoms with Gasteiger partial charge in [-0.1, -0.05) is 0 Å². The van der Waals surface area contributed by atoms with Gasteiger partial charge >= 0.3 is 6.03 Å². The molecular weight excluding hydrogens is 194 g/mol. The zero-order valence-corrected chi connectivity index (χ0v) is 7.97. The van der Waals surface area contributed by atoms with Gasteiger partial charge in [0.15, 0.2) is 9.84 Å². The number of amides is 2. The SMILES string of the molecule is CC1/C(=N\NC(N)=O)CCS1(=O)=O. The second-order valence-corrected chi connectivity index (χ2v) is 5.28. The van der Waals surface area contributed by atoms with Crippen molar-refractivity contribution >= 4 is 21.6 Å². The van der Waals surface area contributed by atoms with Crippen LogP contribution in [0, 0.1) is 0 Å². The highest BCUT2D eigenvalue weighted by Gasteiger charge is 2.33. The Labute approximate surface area is 76.1 Å². The molecule has 0 aromatic carbocycles. The van der Waals surface area contributed by atoms with Crippen LogP contribution in [-0.4, -0.2) is 31.2 Å². The lowest BCUT2D eigenvalue weighted by Gasteiger charge is -2.02. The zero-order chi connectivity index (χ0) is 10.1. The van der Waals surface area contributed by atoms with Crippen LogP contribution < -0.4 is 11.2 Å². The number of hydrogen-bond donors (Lipinski definition) is 2. The van der Waals surface area contributed by atoms with E-state index < -0.39 is 21.1 Å². The zero-order valence-electron chi connectivity index (χ0n) is 7.15. The summed E-state index contributed by atoms with van der Waals surface area (Å²) in [6.45, 7) is 1.55. The number of urea groups is 1. The molecule has 6 nitrogen and oxygen atoms in total. The molecule has 1 rings (SSSR count). The lowest BCUT2D eigenvalue weighted by Crippen LogP contribution is -2.28. The summed E-state index contributed by atoms with van der Waals surface area (Å²) in [5.41, 5.74) is 7.25. The van der Waals surface area contributed by atoms with Crippen molar-refractivity contribution in [3.05, 3.63) is 0 Å². The molecule has 0 aromatic heterocycles. The smallest absolute Gasteiger partial charge is 0.332 e. The Balaban J connectivity index is 2.76. The summed E-state index contributed by atoms with van der Waals surface area (Å²) in [6, 6.07) is -0.788. The van der Waals surface area contributed by atoms with Crippen molar-refractivity contribution in [1.82, 2.24) is 5.43 Å². The molecule has 1 aliphatic rings. The molecular formula is C6H11N3O3S. The normalized spacial score (nSPS) is 29.0. The van der Waals surface area contributed by atoms with Crippen molar-refractivity contribution < 1.29 is 13.2 Å². The third kappa shape index (κ3) is 2.18. The van der Waals surface area contributed by atoms with Crippen LogP contribution in [0.3, 0.4) is 0 Å². The number of nitrogens with one attached hydrogen (secondary N) is 1. The van der Waals surface area contributed by atoms with Crippen molar-refractivity contribution in [1.29, 1.82) is 0 Å². The molecule has 0 aliphatic carbocycles. The molecule has 1 saturated heterocycles. The highest BCUT2D eigenvalue weighted by Crippen LogP contribution is 2.16. The third-order valence-corrected chi connectivity index (χ3v) is 4.08. The Morgan fingerprint density at radius 3 is 2.69 bits per heavy atom. The molecule has 3 N–H and O–H groups in total.